The topological polar surface area (TPSA) is 58.1 Å². The number of aromatic nitrogens is 2. The molecule has 1 aliphatic heterocycles. The lowest BCUT2D eigenvalue weighted by Gasteiger charge is -2.18. The average molecular weight is 369 g/mol. The summed E-state index contributed by atoms with van der Waals surface area (Å²) < 4.78 is 0.777. The Morgan fingerprint density at radius 2 is 2.09 bits per heavy atom. The molecule has 1 aromatic carbocycles. The normalized spacial score (nSPS) is 15.7. The minimum Gasteiger partial charge on any atom is -0.342 e. The van der Waals surface area contributed by atoms with Gasteiger partial charge in [0.1, 0.15) is 0 Å². The molecule has 1 saturated heterocycles. The first kappa shape index (κ1) is 16.5. The van der Waals surface area contributed by atoms with Crippen LogP contribution in [0, 0.1) is 0 Å². The summed E-state index contributed by atoms with van der Waals surface area (Å²) in [4.78, 5) is 14.3. The van der Waals surface area contributed by atoms with Gasteiger partial charge in [-0.1, -0.05) is 46.8 Å². The van der Waals surface area contributed by atoms with E-state index in [1.54, 1.807) is 0 Å². The van der Waals surface area contributed by atoms with Crippen molar-refractivity contribution in [2.45, 2.75) is 29.4 Å². The van der Waals surface area contributed by atoms with E-state index in [1.165, 1.54) is 23.1 Å². The second-order valence-electron chi connectivity index (χ2n) is 5.27. The Labute approximate surface area is 148 Å². The first-order valence-corrected chi connectivity index (χ1v) is 9.51. The van der Waals surface area contributed by atoms with Gasteiger partial charge in [-0.25, -0.2) is 0 Å². The summed E-state index contributed by atoms with van der Waals surface area (Å²) in [5.74, 6) is 0.184. The number of rotatable bonds is 5. The van der Waals surface area contributed by atoms with Crippen molar-refractivity contribution in [2.24, 2.45) is 0 Å². The third kappa shape index (κ3) is 4.16. The molecule has 1 atom stereocenters. The highest BCUT2D eigenvalue weighted by molar-refractivity contribution is 8.02. The van der Waals surface area contributed by atoms with E-state index in [9.17, 15) is 4.79 Å². The van der Waals surface area contributed by atoms with Crippen molar-refractivity contribution in [2.75, 3.05) is 18.4 Å². The van der Waals surface area contributed by atoms with Gasteiger partial charge in [0.25, 0.3) is 0 Å². The molecule has 0 aliphatic carbocycles. The molecule has 2 heterocycles. The molecule has 23 heavy (non-hydrogen) atoms. The van der Waals surface area contributed by atoms with Crippen molar-refractivity contribution in [1.82, 2.24) is 15.1 Å². The Morgan fingerprint density at radius 3 is 2.83 bits per heavy atom. The van der Waals surface area contributed by atoms with Crippen molar-refractivity contribution < 1.29 is 4.79 Å². The molecule has 0 radical (unpaired) electrons. The van der Waals surface area contributed by atoms with Gasteiger partial charge in [-0.3, -0.25) is 4.79 Å². The zero-order valence-corrected chi connectivity index (χ0v) is 15.0. The van der Waals surface area contributed by atoms with Gasteiger partial charge in [0.05, 0.1) is 16.0 Å². The second kappa shape index (κ2) is 7.51. The van der Waals surface area contributed by atoms with E-state index in [-0.39, 0.29) is 11.2 Å². The van der Waals surface area contributed by atoms with Gasteiger partial charge in [0.15, 0.2) is 4.34 Å². The summed E-state index contributed by atoms with van der Waals surface area (Å²) in [5.41, 5.74) is 0.794. The molecule has 122 valence electrons. The smallest absolute Gasteiger partial charge is 0.235 e. The summed E-state index contributed by atoms with van der Waals surface area (Å²) in [7, 11) is 0. The van der Waals surface area contributed by atoms with E-state index in [1.807, 2.05) is 36.1 Å². The fourth-order valence-corrected chi connectivity index (χ4v) is 4.56. The molecule has 1 fully saturated rings. The second-order valence-corrected chi connectivity index (χ2v) is 8.24. The number of nitrogens with zero attached hydrogens (tertiary/aromatic N) is 3. The molecule has 1 amide bonds. The summed E-state index contributed by atoms with van der Waals surface area (Å²) in [5, 5.41) is 12.6. The van der Waals surface area contributed by atoms with Crippen molar-refractivity contribution >= 4 is 51.4 Å². The number of thioether (sulfide) groups is 1. The number of likely N-dealkylation sites (tertiary alicyclic amines) is 1. The fraction of sp³-hybridized carbons (Fsp3) is 0.400. The van der Waals surface area contributed by atoms with Gasteiger partial charge < -0.3 is 10.2 Å². The van der Waals surface area contributed by atoms with Crippen molar-refractivity contribution in [3.05, 3.63) is 29.3 Å². The number of carbonyl (C=O) groups excluding carboxylic acids is 1. The molecule has 8 heteroatoms. The van der Waals surface area contributed by atoms with Crippen LogP contribution in [0.15, 0.2) is 28.6 Å². The largest absolute Gasteiger partial charge is 0.342 e. The minimum absolute atomic E-state index is 0.144. The van der Waals surface area contributed by atoms with Gasteiger partial charge in [0.2, 0.25) is 11.0 Å². The molecule has 0 spiro atoms. The molecule has 1 aliphatic rings. The van der Waals surface area contributed by atoms with Crippen LogP contribution in [0.25, 0.3) is 0 Å². The Morgan fingerprint density at radius 1 is 1.35 bits per heavy atom. The average Bonchev–Trinajstić information content (AvgIpc) is 3.21. The van der Waals surface area contributed by atoms with Gasteiger partial charge in [-0.15, -0.1) is 10.2 Å². The maximum Gasteiger partial charge on any atom is 0.235 e. The number of amides is 1. The summed E-state index contributed by atoms with van der Waals surface area (Å²) in [6.07, 6.45) is 2.21. The Kier molecular flexibility index (Phi) is 5.40. The molecule has 2 aromatic rings. The minimum atomic E-state index is -0.144. The highest BCUT2D eigenvalue weighted by Crippen LogP contribution is 2.32. The van der Waals surface area contributed by atoms with Crippen LogP contribution in [-0.2, 0) is 4.79 Å². The SMILES string of the molecule is C[C@@H](Sc1nnc(Nc2ccccc2Cl)s1)C(=O)N1CCCC1. The zero-order chi connectivity index (χ0) is 16.2. The molecule has 5 nitrogen and oxygen atoms in total. The Balaban J connectivity index is 1.60. The predicted octanol–water partition coefficient (Wildman–Crippen LogP) is 4.04. The summed E-state index contributed by atoms with van der Waals surface area (Å²) in [6.45, 7) is 3.67. The van der Waals surface area contributed by atoms with E-state index in [2.05, 4.69) is 15.5 Å². The van der Waals surface area contributed by atoms with Crippen LogP contribution in [0.1, 0.15) is 19.8 Å². The van der Waals surface area contributed by atoms with Gasteiger partial charge >= 0.3 is 0 Å². The lowest BCUT2D eigenvalue weighted by atomic mass is 10.3. The highest BCUT2D eigenvalue weighted by atomic mass is 35.5. The van der Waals surface area contributed by atoms with Crippen LogP contribution in [-0.4, -0.2) is 39.3 Å². The molecule has 0 bridgehead atoms. The number of hydrogen-bond donors (Lipinski definition) is 1. The van der Waals surface area contributed by atoms with Crippen LogP contribution >= 0.6 is 34.7 Å². The van der Waals surface area contributed by atoms with Gasteiger partial charge in [0, 0.05) is 13.1 Å². The van der Waals surface area contributed by atoms with Crippen LogP contribution in [0.3, 0.4) is 0 Å². The number of para-hydroxylation sites is 1. The number of halogens is 1. The zero-order valence-electron chi connectivity index (χ0n) is 12.7. The van der Waals surface area contributed by atoms with Gasteiger partial charge in [-0.05, 0) is 31.9 Å². The molecule has 1 N–H and O–H groups in total. The molecule has 0 unspecified atom stereocenters. The van der Waals surface area contributed by atoms with E-state index in [0.29, 0.717) is 10.2 Å². The molecular formula is C15H17ClN4OS2. The van der Waals surface area contributed by atoms with E-state index in [0.717, 1.165) is 36.0 Å². The maximum atomic E-state index is 12.3. The molecule has 0 saturated carbocycles. The van der Waals surface area contributed by atoms with Crippen molar-refractivity contribution in [3.8, 4) is 0 Å². The Bertz CT molecular complexity index is 688. The summed E-state index contributed by atoms with van der Waals surface area (Å²) in [6, 6.07) is 7.48. The van der Waals surface area contributed by atoms with Crippen LogP contribution in [0.2, 0.25) is 5.02 Å². The maximum absolute atomic E-state index is 12.3. The Hall–Kier alpha value is -1.31. The highest BCUT2D eigenvalue weighted by Gasteiger charge is 2.25. The monoisotopic (exact) mass is 368 g/mol. The quantitative estimate of drug-likeness (QED) is 0.807. The predicted molar refractivity (Wildman–Crippen MR) is 95.8 cm³/mol. The number of hydrogen-bond acceptors (Lipinski definition) is 6. The lowest BCUT2D eigenvalue weighted by Crippen LogP contribution is -2.33. The third-order valence-corrected chi connectivity index (χ3v) is 5.91. The standard InChI is InChI=1S/C15H17ClN4OS2/c1-10(13(21)20-8-4-5-9-20)22-15-19-18-14(23-15)17-12-7-3-2-6-11(12)16/h2-3,6-7,10H,4-5,8-9H2,1H3,(H,17,18)/t10-/m1/s1. The first-order chi connectivity index (χ1) is 11.1. The van der Waals surface area contributed by atoms with Crippen LogP contribution in [0.4, 0.5) is 10.8 Å². The number of nitrogens with one attached hydrogen (secondary N) is 1. The van der Waals surface area contributed by atoms with Crippen LogP contribution in [0.5, 0.6) is 0 Å². The number of anilines is 2. The number of carbonyl (C=O) groups is 1. The van der Waals surface area contributed by atoms with Crippen molar-refractivity contribution in [1.29, 1.82) is 0 Å². The summed E-state index contributed by atoms with van der Waals surface area (Å²) >= 11 is 9.00. The fourth-order valence-electron chi connectivity index (χ4n) is 2.38. The van der Waals surface area contributed by atoms with Gasteiger partial charge in [-0.2, -0.15) is 0 Å². The first-order valence-electron chi connectivity index (χ1n) is 7.44. The van der Waals surface area contributed by atoms with Crippen molar-refractivity contribution in [3.63, 3.8) is 0 Å². The lowest BCUT2D eigenvalue weighted by molar-refractivity contribution is -0.129. The van der Waals surface area contributed by atoms with E-state index < -0.39 is 0 Å². The molecule has 3 rings (SSSR count). The van der Waals surface area contributed by atoms with E-state index in [4.69, 9.17) is 11.6 Å². The number of benzene rings is 1. The molecular weight excluding hydrogens is 352 g/mol. The van der Waals surface area contributed by atoms with Crippen LogP contribution < -0.4 is 5.32 Å². The third-order valence-electron chi connectivity index (χ3n) is 3.57. The van der Waals surface area contributed by atoms with E-state index >= 15 is 0 Å². The molecule has 1 aromatic heterocycles.